The van der Waals surface area contributed by atoms with E-state index in [2.05, 4.69) is 15.5 Å². The van der Waals surface area contributed by atoms with E-state index in [9.17, 15) is 4.79 Å². The lowest BCUT2D eigenvalue weighted by Gasteiger charge is -2.06. The van der Waals surface area contributed by atoms with Gasteiger partial charge in [0.25, 0.3) is 5.89 Å². The van der Waals surface area contributed by atoms with Gasteiger partial charge in [-0.3, -0.25) is 4.79 Å². The number of carbonyl (C=O) groups is 1. The van der Waals surface area contributed by atoms with Crippen LogP contribution in [0, 0.1) is 6.92 Å². The number of ether oxygens (including phenoxy) is 1. The monoisotopic (exact) mass is 449 g/mol. The molecule has 2 aromatic heterocycles. The molecular weight excluding hydrogens is 426 g/mol. The lowest BCUT2D eigenvalue weighted by Crippen LogP contribution is -2.24. The Hall–Kier alpha value is -3.52. The van der Waals surface area contributed by atoms with Gasteiger partial charge in [0.2, 0.25) is 11.7 Å². The highest BCUT2D eigenvalue weighted by atomic mass is 32.2. The van der Waals surface area contributed by atoms with Gasteiger partial charge < -0.3 is 19.0 Å². The van der Waals surface area contributed by atoms with Crippen molar-refractivity contribution in [1.82, 2.24) is 15.5 Å². The number of amides is 1. The van der Waals surface area contributed by atoms with Crippen LogP contribution in [0.25, 0.3) is 23.0 Å². The maximum atomic E-state index is 12.1. The minimum Gasteiger partial charge on any atom is -0.497 e. The highest BCUT2D eigenvalue weighted by molar-refractivity contribution is 7.99. The van der Waals surface area contributed by atoms with Crippen LogP contribution in [0.1, 0.15) is 16.9 Å². The fourth-order valence-corrected chi connectivity index (χ4v) is 3.78. The minimum atomic E-state index is -0.0303. The number of furan rings is 1. The Balaban J connectivity index is 1.25. The Labute approximate surface area is 190 Å². The van der Waals surface area contributed by atoms with Crippen molar-refractivity contribution >= 4 is 17.7 Å². The van der Waals surface area contributed by atoms with E-state index in [1.54, 1.807) is 13.2 Å². The summed E-state index contributed by atoms with van der Waals surface area (Å²) >= 11 is 1.48. The van der Waals surface area contributed by atoms with Gasteiger partial charge in [-0.25, -0.2) is 0 Å². The van der Waals surface area contributed by atoms with Gasteiger partial charge in [0, 0.05) is 12.1 Å². The molecule has 0 fully saturated rings. The van der Waals surface area contributed by atoms with Crippen LogP contribution in [0.15, 0.2) is 69.6 Å². The number of hydrogen-bond acceptors (Lipinski definition) is 7. The fraction of sp³-hybridized carbons (Fsp3) is 0.208. The summed E-state index contributed by atoms with van der Waals surface area (Å²) in [6.45, 7) is 2.50. The quantitative estimate of drug-likeness (QED) is 0.390. The lowest BCUT2D eigenvalue weighted by atomic mass is 10.1. The molecule has 0 aliphatic rings. The van der Waals surface area contributed by atoms with Crippen molar-refractivity contribution in [3.05, 3.63) is 77.6 Å². The van der Waals surface area contributed by atoms with Crippen LogP contribution in [0.3, 0.4) is 0 Å². The molecule has 1 amide bonds. The van der Waals surface area contributed by atoms with E-state index in [1.165, 1.54) is 11.8 Å². The molecule has 4 aromatic rings. The van der Waals surface area contributed by atoms with Gasteiger partial charge in [0.05, 0.1) is 18.6 Å². The number of carbonyl (C=O) groups excluding carboxylic acids is 1. The molecule has 0 atom stereocenters. The third kappa shape index (κ3) is 5.59. The van der Waals surface area contributed by atoms with Crippen molar-refractivity contribution in [2.45, 2.75) is 19.2 Å². The van der Waals surface area contributed by atoms with Crippen molar-refractivity contribution in [3.63, 3.8) is 0 Å². The van der Waals surface area contributed by atoms with Crippen LogP contribution in [0.2, 0.25) is 0 Å². The topological polar surface area (TPSA) is 90.4 Å². The molecule has 32 heavy (non-hydrogen) atoms. The first-order chi connectivity index (χ1) is 15.6. The third-order valence-corrected chi connectivity index (χ3v) is 5.66. The number of benzene rings is 2. The van der Waals surface area contributed by atoms with Gasteiger partial charge in [-0.1, -0.05) is 41.1 Å². The Kier molecular flexibility index (Phi) is 6.91. The third-order valence-electron chi connectivity index (χ3n) is 4.70. The van der Waals surface area contributed by atoms with Crippen molar-refractivity contribution in [3.8, 4) is 28.8 Å². The Morgan fingerprint density at radius 3 is 2.75 bits per heavy atom. The van der Waals surface area contributed by atoms with Crippen molar-refractivity contribution in [2.24, 2.45) is 0 Å². The van der Waals surface area contributed by atoms with E-state index in [1.807, 2.05) is 61.5 Å². The SMILES string of the molecule is COc1ccc(CNC(=O)CSCc2ccc(-c3nc(-c4cccc(C)c4)no3)o2)cc1. The van der Waals surface area contributed by atoms with Gasteiger partial charge in [-0.15, -0.1) is 11.8 Å². The first-order valence-electron chi connectivity index (χ1n) is 10.1. The molecule has 1 N–H and O–H groups in total. The summed E-state index contributed by atoms with van der Waals surface area (Å²) in [5.74, 6) is 3.76. The summed E-state index contributed by atoms with van der Waals surface area (Å²) in [5, 5.41) is 6.95. The number of thioether (sulfide) groups is 1. The highest BCUT2D eigenvalue weighted by Gasteiger charge is 2.14. The maximum absolute atomic E-state index is 12.1. The second-order valence-corrected chi connectivity index (χ2v) is 8.16. The number of rotatable bonds is 9. The molecule has 0 saturated heterocycles. The summed E-state index contributed by atoms with van der Waals surface area (Å²) in [4.78, 5) is 16.5. The van der Waals surface area contributed by atoms with E-state index < -0.39 is 0 Å². The first-order valence-corrected chi connectivity index (χ1v) is 11.2. The molecule has 7 nitrogen and oxygen atoms in total. The van der Waals surface area contributed by atoms with Crippen molar-refractivity contribution in [2.75, 3.05) is 12.9 Å². The summed E-state index contributed by atoms with van der Waals surface area (Å²) in [6.07, 6.45) is 0. The van der Waals surface area contributed by atoms with E-state index in [4.69, 9.17) is 13.7 Å². The van der Waals surface area contributed by atoms with Crippen molar-refractivity contribution < 1.29 is 18.5 Å². The zero-order valence-corrected chi connectivity index (χ0v) is 18.6. The average Bonchev–Trinajstić information content (AvgIpc) is 3.48. The molecule has 0 radical (unpaired) electrons. The molecule has 0 aliphatic heterocycles. The largest absolute Gasteiger partial charge is 0.497 e. The second kappa shape index (κ2) is 10.2. The molecule has 164 valence electrons. The molecule has 0 unspecified atom stereocenters. The zero-order valence-electron chi connectivity index (χ0n) is 17.8. The lowest BCUT2D eigenvalue weighted by molar-refractivity contribution is -0.118. The van der Waals surface area contributed by atoms with Gasteiger partial charge in [0.1, 0.15) is 11.5 Å². The van der Waals surface area contributed by atoms with Gasteiger partial charge in [0.15, 0.2) is 5.76 Å². The van der Waals surface area contributed by atoms with Crippen LogP contribution in [0.4, 0.5) is 0 Å². The maximum Gasteiger partial charge on any atom is 0.293 e. The fourth-order valence-electron chi connectivity index (χ4n) is 3.03. The van der Waals surface area contributed by atoms with Crippen molar-refractivity contribution in [1.29, 1.82) is 0 Å². The highest BCUT2D eigenvalue weighted by Crippen LogP contribution is 2.26. The average molecular weight is 450 g/mol. The smallest absolute Gasteiger partial charge is 0.293 e. The molecular formula is C24H23N3O4S. The van der Waals surface area contributed by atoms with E-state index in [-0.39, 0.29) is 5.91 Å². The minimum absolute atomic E-state index is 0.0303. The summed E-state index contributed by atoms with van der Waals surface area (Å²) in [6, 6.07) is 19.2. The van der Waals surface area contributed by atoms with Crippen LogP contribution in [-0.2, 0) is 17.1 Å². The number of aromatic nitrogens is 2. The number of hydrogen-bond donors (Lipinski definition) is 1. The molecule has 8 heteroatoms. The van der Waals surface area contributed by atoms with E-state index in [0.29, 0.717) is 35.5 Å². The Morgan fingerprint density at radius 1 is 1.12 bits per heavy atom. The molecule has 0 spiro atoms. The Bertz CT molecular complexity index is 1180. The first kappa shape index (κ1) is 21.7. The molecule has 0 bridgehead atoms. The zero-order chi connectivity index (χ0) is 22.3. The molecule has 0 saturated carbocycles. The van der Waals surface area contributed by atoms with Crippen LogP contribution in [-0.4, -0.2) is 28.9 Å². The Morgan fingerprint density at radius 2 is 1.97 bits per heavy atom. The van der Waals surface area contributed by atoms with Crippen LogP contribution < -0.4 is 10.1 Å². The molecule has 2 heterocycles. The molecule has 0 aliphatic carbocycles. The van der Waals surface area contributed by atoms with E-state index in [0.717, 1.165) is 28.2 Å². The molecule has 2 aromatic carbocycles. The van der Waals surface area contributed by atoms with Crippen LogP contribution in [0.5, 0.6) is 5.75 Å². The van der Waals surface area contributed by atoms with E-state index >= 15 is 0 Å². The van der Waals surface area contributed by atoms with Gasteiger partial charge in [-0.2, -0.15) is 4.98 Å². The second-order valence-electron chi connectivity index (χ2n) is 7.18. The van der Waals surface area contributed by atoms with Gasteiger partial charge in [-0.05, 0) is 42.8 Å². The summed E-state index contributed by atoms with van der Waals surface area (Å²) in [7, 11) is 1.63. The number of aryl methyl sites for hydroxylation is 1. The molecule has 4 rings (SSSR count). The van der Waals surface area contributed by atoms with Crippen LogP contribution >= 0.6 is 11.8 Å². The summed E-state index contributed by atoms with van der Waals surface area (Å²) in [5.41, 5.74) is 3.03. The van der Waals surface area contributed by atoms with Gasteiger partial charge >= 0.3 is 0 Å². The number of nitrogens with zero attached hydrogens (tertiary/aromatic N) is 2. The predicted octanol–water partition coefficient (Wildman–Crippen LogP) is 4.86. The predicted molar refractivity (Wildman–Crippen MR) is 123 cm³/mol. The normalized spacial score (nSPS) is 10.8. The number of methoxy groups -OCH3 is 1. The number of nitrogens with one attached hydrogen (secondary N) is 1. The standard InChI is InChI=1S/C24H23N3O4S/c1-16-4-3-5-18(12-16)23-26-24(31-27-23)21-11-10-20(30-21)14-32-15-22(28)25-13-17-6-8-19(29-2)9-7-17/h3-12H,13-15H2,1-2H3,(H,25,28). The summed E-state index contributed by atoms with van der Waals surface area (Å²) < 4.78 is 16.3.